The van der Waals surface area contributed by atoms with Gasteiger partial charge in [0.25, 0.3) is 17.7 Å². The average Bonchev–Trinajstić information content (AvgIpc) is 0.878. The monoisotopic (exact) mass is 1780 g/mol. The van der Waals surface area contributed by atoms with Gasteiger partial charge >= 0.3 is 30.2 Å². The van der Waals surface area contributed by atoms with E-state index in [1.807, 2.05) is 84.0 Å². The molecule has 2 fully saturated rings. The number of carboxylic acids is 1. The topological polar surface area (TPSA) is 334 Å². The normalized spacial score (nSPS) is 12.5. The number of carbonyl (C=O) groups is 8. The van der Waals surface area contributed by atoms with Crippen molar-refractivity contribution in [1.29, 1.82) is 0 Å². The summed E-state index contributed by atoms with van der Waals surface area (Å²) < 4.78 is 65.9. The number of alkyl carbamates (subject to hydrolysis) is 2. The van der Waals surface area contributed by atoms with Crippen LogP contribution in [0.15, 0.2) is 176 Å². The predicted octanol–water partition coefficient (Wildman–Crippen LogP) is 16.0. The maximum atomic E-state index is 12.9. The van der Waals surface area contributed by atoms with E-state index in [0.29, 0.717) is 81.2 Å². The molecule has 2 aliphatic rings. The fraction of sp³-hybridized carbons (Fsp3) is 0.468. The number of carbonyl (C=O) groups excluding carboxylic acids is 7. The van der Waals surface area contributed by atoms with Crippen LogP contribution in [0.5, 0.6) is 5.75 Å². The van der Waals surface area contributed by atoms with Crippen LogP contribution in [-0.2, 0) is 33.8 Å². The summed E-state index contributed by atoms with van der Waals surface area (Å²) in [6.07, 6.45) is 11.9. The lowest BCUT2D eigenvalue weighted by Gasteiger charge is -2.34. The zero-order valence-corrected chi connectivity index (χ0v) is 75.8. The predicted molar refractivity (Wildman–Crippen MR) is 491 cm³/mol. The molecule has 0 aromatic heterocycles. The Morgan fingerprint density at radius 3 is 1.00 bits per heavy atom. The number of nitrogens with one attached hydrogen (secondary N) is 7. The van der Waals surface area contributed by atoms with Crippen molar-refractivity contribution in [2.45, 2.75) is 163 Å². The summed E-state index contributed by atoms with van der Waals surface area (Å²) in [5.74, 6) is -2.73. The summed E-state index contributed by atoms with van der Waals surface area (Å²) >= 11 is 4.64. The van der Waals surface area contributed by atoms with Crippen LogP contribution in [0.4, 0.5) is 37.6 Å². The zero-order valence-electron chi connectivity index (χ0n) is 74.3. The van der Waals surface area contributed by atoms with Gasteiger partial charge in [-0.2, -0.15) is 0 Å². The SMILES string of the molecule is CC(C)(C)OC(=O)NCCCCCN.CC(C)(C)OC(=O)NCCCCCNC(=O)c1ccc(F)cc1.CCN1CCN(Cc2ccc(CC(=O)Oc3ccccc3)cc2)CC1.CCN1CCN(Cc2ccc(NC(=O)NCCCCCNC(=O)c3ccc(F)cc3)cc2)CC1.CCl.Cl.NCCCCCNC(=O)c1ccc(F)cc1.O=C(O)c1ccc(F)cc1. The van der Waals surface area contributed by atoms with Crippen molar-refractivity contribution in [3.8, 4) is 5.75 Å². The summed E-state index contributed by atoms with van der Waals surface area (Å²) in [7, 11) is 0. The summed E-state index contributed by atoms with van der Waals surface area (Å²) in [6, 6.07) is 46.4. The molecule has 9 rings (SSSR count). The minimum absolute atomic E-state index is 0. The van der Waals surface area contributed by atoms with Crippen molar-refractivity contribution in [2.75, 3.05) is 130 Å². The molecule has 0 bridgehead atoms. The van der Waals surface area contributed by atoms with Crippen molar-refractivity contribution in [3.63, 3.8) is 0 Å². The van der Waals surface area contributed by atoms with Crippen LogP contribution in [0, 0.1) is 23.3 Å². The number of esters is 1. The number of anilines is 1. The standard InChI is InChI=1S/C26H36FN5O2.C21H26N2O2.C17H25FN2O3.C12H17FN2O.C10H22N2O2.C7H5FO2.CH3Cl.ClH/c1-2-31-16-18-32(19-17-31)20-21-6-12-24(13-7-21)30-26(34)29-15-5-3-4-14-28-25(33)22-8-10-23(27)11-9-22;1-2-22-12-14-23(15-13-22)17-19-10-8-18(9-11-19)16-21(24)25-20-6-4-3-5-7-20;1-17(2,3)23-16(22)20-12-6-4-5-11-19-15(21)13-7-9-14(18)10-8-13;13-11-6-4-10(5-7-11)12(16)15-9-3-1-2-8-14;1-10(2,3)14-9(13)12-8-6-4-5-7-11;8-6-3-1-5(2-4-6)7(9)10;1-2;/h6-13H,2-5,14-20H2,1H3,(H,28,33)(H2,29,30,34);3-11H,2,12-17H2,1H3;7-10H,4-6,11-12H2,1-3H3,(H,19,21)(H,20,22);4-7H,1-3,8-9,14H2,(H,15,16);4-8,11H2,1-3H3,(H,12,13);1-4H,(H,9,10);1H3;1H. The minimum atomic E-state index is -1.04. The number of likely N-dealkylation sites (N-methyl/N-ethyl adjacent to an activating group) is 2. The number of halogens is 6. The summed E-state index contributed by atoms with van der Waals surface area (Å²) in [5.41, 5.74) is 15.6. The average molecular weight is 1790 g/mol. The van der Waals surface area contributed by atoms with Crippen molar-refractivity contribution in [2.24, 2.45) is 11.5 Å². The second-order valence-corrected chi connectivity index (χ2v) is 31.1. The molecule has 12 N–H and O–H groups in total. The molecule has 0 aliphatic carbocycles. The van der Waals surface area contributed by atoms with Crippen LogP contribution >= 0.6 is 24.0 Å². The number of ether oxygens (including phenoxy) is 3. The van der Waals surface area contributed by atoms with Gasteiger partial charge in [-0.15, -0.1) is 24.0 Å². The molecule has 125 heavy (non-hydrogen) atoms. The van der Waals surface area contributed by atoms with Crippen molar-refractivity contribution >= 4 is 77.6 Å². The fourth-order valence-electron chi connectivity index (χ4n) is 11.8. The molecule has 2 heterocycles. The number of rotatable bonds is 36. The van der Waals surface area contributed by atoms with Crippen molar-refractivity contribution in [1.82, 2.24) is 51.5 Å². The largest absolute Gasteiger partial charge is 0.478 e. The Morgan fingerprint density at radius 2 is 0.680 bits per heavy atom. The number of carboxylic acid groups (broad SMARTS) is 1. The zero-order chi connectivity index (χ0) is 91.3. The molecular formula is C94H135Cl2F4N13O12. The molecule has 0 saturated carbocycles. The van der Waals surface area contributed by atoms with Crippen LogP contribution in [0.2, 0.25) is 0 Å². The lowest BCUT2D eigenvalue weighted by Crippen LogP contribution is -2.45. The first-order valence-electron chi connectivity index (χ1n) is 42.6. The highest BCUT2D eigenvalue weighted by Gasteiger charge is 2.20. The maximum Gasteiger partial charge on any atom is 0.407 e. The number of unbranched alkanes of at least 4 members (excludes halogenated alkanes) is 8. The van der Waals surface area contributed by atoms with Crippen LogP contribution in [0.3, 0.4) is 0 Å². The first kappa shape index (κ1) is 111. The van der Waals surface area contributed by atoms with E-state index in [2.05, 4.69) is 107 Å². The first-order chi connectivity index (χ1) is 59.4. The van der Waals surface area contributed by atoms with Crippen molar-refractivity contribution < 1.29 is 75.2 Å². The van der Waals surface area contributed by atoms with Crippen LogP contribution < -0.4 is 53.4 Å². The molecule has 7 amide bonds. The number of alkyl halides is 1. The molecule has 25 nitrogen and oxygen atoms in total. The summed E-state index contributed by atoms with van der Waals surface area (Å²) in [4.78, 5) is 102. The third-order valence-corrected chi connectivity index (χ3v) is 18.6. The molecule has 0 spiro atoms. The number of hydrogen-bond donors (Lipinski definition) is 10. The van der Waals surface area contributed by atoms with E-state index in [4.69, 9.17) is 30.8 Å². The summed E-state index contributed by atoms with van der Waals surface area (Å²) in [5, 5.41) is 27.8. The molecular weight excluding hydrogens is 1650 g/mol. The highest BCUT2D eigenvalue weighted by Crippen LogP contribution is 2.18. The third kappa shape index (κ3) is 54.3. The van der Waals surface area contributed by atoms with E-state index in [1.165, 1.54) is 102 Å². The molecule has 690 valence electrons. The van der Waals surface area contributed by atoms with Gasteiger partial charge in [0.15, 0.2) is 0 Å². The second kappa shape index (κ2) is 65.4. The van der Waals surface area contributed by atoms with Gasteiger partial charge in [0.05, 0.1) is 12.0 Å². The first-order valence-corrected chi connectivity index (χ1v) is 43.4. The van der Waals surface area contributed by atoms with Gasteiger partial charge in [-0.3, -0.25) is 29.0 Å². The third-order valence-electron chi connectivity index (χ3n) is 18.6. The smallest absolute Gasteiger partial charge is 0.407 e. The van der Waals surface area contributed by atoms with E-state index in [1.54, 1.807) is 12.1 Å². The Hall–Kier alpha value is -10.2. The molecule has 31 heteroatoms. The van der Waals surface area contributed by atoms with Gasteiger partial charge in [-0.1, -0.05) is 81.3 Å². The Labute approximate surface area is 748 Å². The minimum Gasteiger partial charge on any atom is -0.478 e. The Bertz CT molecular complexity index is 4110. The fourth-order valence-corrected chi connectivity index (χ4v) is 11.8. The van der Waals surface area contributed by atoms with Gasteiger partial charge in [-0.05, 0) is 270 Å². The van der Waals surface area contributed by atoms with Crippen molar-refractivity contribution in [3.05, 3.63) is 238 Å². The maximum absolute atomic E-state index is 12.9. The highest BCUT2D eigenvalue weighted by molar-refractivity contribution is 6.15. The second-order valence-electron chi connectivity index (χ2n) is 31.1. The Balaban J connectivity index is 0.000000525. The van der Waals surface area contributed by atoms with Crippen LogP contribution in [-0.4, -0.2) is 208 Å². The van der Waals surface area contributed by atoms with Crippen LogP contribution in [0.25, 0.3) is 0 Å². The molecule has 7 aromatic carbocycles. The van der Waals surface area contributed by atoms with E-state index in [-0.39, 0.29) is 71.2 Å². The Morgan fingerprint density at radius 1 is 0.384 bits per heavy atom. The number of benzene rings is 7. The number of urea groups is 1. The van der Waals surface area contributed by atoms with Gasteiger partial charge in [-0.25, -0.2) is 36.7 Å². The lowest BCUT2D eigenvalue weighted by molar-refractivity contribution is -0.133. The van der Waals surface area contributed by atoms with E-state index >= 15 is 0 Å². The lowest BCUT2D eigenvalue weighted by atomic mass is 10.1. The van der Waals surface area contributed by atoms with Gasteiger partial charge < -0.3 is 77.8 Å². The number of aromatic carboxylic acids is 1. The number of nitrogens with zero attached hydrogens (tertiary/aromatic N) is 4. The van der Waals surface area contributed by atoms with E-state index in [0.717, 1.165) is 179 Å². The Kier molecular flexibility index (Phi) is 58.0. The molecule has 0 unspecified atom stereocenters. The van der Waals surface area contributed by atoms with Gasteiger partial charge in [0.1, 0.15) is 40.2 Å². The molecule has 0 radical (unpaired) electrons. The molecule has 2 aliphatic heterocycles. The highest BCUT2D eigenvalue weighted by atomic mass is 35.5. The van der Waals surface area contributed by atoms with Gasteiger partial charge in [0.2, 0.25) is 0 Å². The molecule has 7 aromatic rings. The number of para-hydroxylation sites is 1. The van der Waals surface area contributed by atoms with Crippen LogP contribution in [0.1, 0.15) is 191 Å². The quantitative estimate of drug-likeness (QED) is 0.00573. The van der Waals surface area contributed by atoms with E-state index < -0.39 is 29.1 Å². The number of hydrogen-bond acceptors (Lipinski definition) is 17. The molecule has 2 saturated heterocycles. The van der Waals surface area contributed by atoms with Gasteiger partial charge in [0, 0.05) is 133 Å². The number of nitrogens with two attached hydrogens (primary N) is 2. The summed E-state index contributed by atoms with van der Waals surface area (Å²) in [6.45, 7) is 33.5. The number of piperazine rings is 2. The number of amides is 7. The molecule has 0 atom stereocenters. The van der Waals surface area contributed by atoms with E-state index in [9.17, 15) is 55.9 Å².